The minimum Gasteiger partial charge on any atom is -0.392 e. The van der Waals surface area contributed by atoms with Crippen LogP contribution in [0.2, 0.25) is 0 Å². The first kappa shape index (κ1) is 9.97. The molecule has 0 bridgehead atoms. The second-order valence-corrected chi connectivity index (χ2v) is 4.45. The summed E-state index contributed by atoms with van der Waals surface area (Å²) >= 11 is 7.55. The number of thiophene rings is 1. The van der Waals surface area contributed by atoms with Crippen LogP contribution in [0.1, 0.15) is 16.7 Å². The molecule has 3 heteroatoms. The van der Waals surface area contributed by atoms with Gasteiger partial charge >= 0.3 is 0 Å². The number of hydrogen-bond acceptors (Lipinski definition) is 2. The maximum atomic E-state index is 9.23. The van der Waals surface area contributed by atoms with E-state index in [4.69, 9.17) is 11.6 Å². The van der Waals surface area contributed by atoms with E-state index in [-0.39, 0.29) is 6.61 Å². The topological polar surface area (TPSA) is 20.2 Å². The standard InChI is InChI=1S/C11H11ClOS/c1-7-2-3-8(5-13)10-9(4-12)6-14-11(7)10/h2-3,6,13H,4-5H2,1H3. The molecular weight excluding hydrogens is 216 g/mol. The Morgan fingerprint density at radius 3 is 2.79 bits per heavy atom. The van der Waals surface area contributed by atoms with E-state index >= 15 is 0 Å². The van der Waals surface area contributed by atoms with Gasteiger partial charge in [-0.2, -0.15) is 0 Å². The van der Waals surface area contributed by atoms with Gasteiger partial charge in [0.2, 0.25) is 0 Å². The molecule has 14 heavy (non-hydrogen) atoms. The number of aryl methyl sites for hydroxylation is 1. The van der Waals surface area contributed by atoms with Gasteiger partial charge < -0.3 is 5.11 Å². The summed E-state index contributed by atoms with van der Waals surface area (Å²) in [5.41, 5.74) is 3.35. The van der Waals surface area contributed by atoms with Crippen molar-refractivity contribution in [3.8, 4) is 0 Å². The summed E-state index contributed by atoms with van der Waals surface area (Å²) in [6, 6.07) is 4.02. The molecule has 0 atom stereocenters. The SMILES string of the molecule is Cc1ccc(CO)c2c(CCl)csc12. The van der Waals surface area contributed by atoms with Crippen molar-refractivity contribution in [1.29, 1.82) is 0 Å². The third-order valence-corrected chi connectivity index (χ3v) is 3.85. The van der Waals surface area contributed by atoms with Crippen LogP contribution in [-0.4, -0.2) is 5.11 Å². The summed E-state index contributed by atoms with van der Waals surface area (Å²) in [7, 11) is 0. The van der Waals surface area contributed by atoms with Crippen molar-refractivity contribution in [2.24, 2.45) is 0 Å². The summed E-state index contributed by atoms with van der Waals surface area (Å²) in [6.45, 7) is 2.16. The number of aliphatic hydroxyl groups is 1. The lowest BCUT2D eigenvalue weighted by Crippen LogP contribution is -1.87. The molecule has 2 rings (SSSR count). The van der Waals surface area contributed by atoms with Crippen molar-refractivity contribution < 1.29 is 5.11 Å². The molecule has 0 aliphatic rings. The summed E-state index contributed by atoms with van der Waals surface area (Å²) in [5.74, 6) is 0.510. The Morgan fingerprint density at radius 2 is 2.14 bits per heavy atom. The fourth-order valence-electron chi connectivity index (χ4n) is 1.65. The highest BCUT2D eigenvalue weighted by atomic mass is 35.5. The van der Waals surface area contributed by atoms with Crippen molar-refractivity contribution in [3.05, 3.63) is 34.2 Å². The van der Waals surface area contributed by atoms with Crippen LogP contribution in [0.3, 0.4) is 0 Å². The van der Waals surface area contributed by atoms with E-state index in [9.17, 15) is 5.11 Å². The zero-order valence-corrected chi connectivity index (χ0v) is 9.45. The quantitative estimate of drug-likeness (QED) is 0.778. The molecule has 1 nitrogen and oxygen atoms in total. The van der Waals surface area contributed by atoms with Gasteiger partial charge in [0.15, 0.2) is 0 Å². The molecule has 0 aliphatic heterocycles. The molecule has 0 saturated carbocycles. The van der Waals surface area contributed by atoms with Gasteiger partial charge in [-0.3, -0.25) is 0 Å². The van der Waals surface area contributed by atoms with Crippen molar-refractivity contribution >= 4 is 33.0 Å². The second-order valence-electron chi connectivity index (χ2n) is 3.30. The first-order chi connectivity index (χ1) is 6.77. The number of rotatable bonds is 2. The first-order valence-electron chi connectivity index (χ1n) is 4.43. The molecule has 0 fully saturated rings. The second kappa shape index (κ2) is 3.89. The van der Waals surface area contributed by atoms with E-state index in [1.807, 2.05) is 12.1 Å². The van der Waals surface area contributed by atoms with Gasteiger partial charge in [0, 0.05) is 16.0 Å². The average molecular weight is 227 g/mol. The Hall–Kier alpha value is -0.570. The van der Waals surface area contributed by atoms with E-state index in [1.165, 1.54) is 10.3 Å². The highest BCUT2D eigenvalue weighted by molar-refractivity contribution is 7.17. The molecule has 1 aromatic heterocycles. The van der Waals surface area contributed by atoms with E-state index in [0.29, 0.717) is 5.88 Å². The van der Waals surface area contributed by atoms with E-state index in [0.717, 1.165) is 16.5 Å². The molecule has 1 heterocycles. The average Bonchev–Trinajstić information content (AvgIpc) is 2.63. The van der Waals surface area contributed by atoms with Crippen molar-refractivity contribution in [3.63, 3.8) is 0 Å². The predicted octanol–water partition coefficient (Wildman–Crippen LogP) is 3.44. The highest BCUT2D eigenvalue weighted by Crippen LogP contribution is 2.32. The largest absolute Gasteiger partial charge is 0.392 e. The maximum Gasteiger partial charge on any atom is 0.0688 e. The summed E-state index contributed by atoms with van der Waals surface area (Å²) in [4.78, 5) is 0. The van der Waals surface area contributed by atoms with E-state index in [1.54, 1.807) is 11.3 Å². The monoisotopic (exact) mass is 226 g/mol. The third-order valence-electron chi connectivity index (χ3n) is 2.40. The Labute approximate surface area is 91.9 Å². The lowest BCUT2D eigenvalue weighted by molar-refractivity contribution is 0.283. The van der Waals surface area contributed by atoms with Crippen molar-refractivity contribution in [1.82, 2.24) is 0 Å². The first-order valence-corrected chi connectivity index (χ1v) is 5.84. The minimum absolute atomic E-state index is 0.0808. The zero-order chi connectivity index (χ0) is 10.1. The van der Waals surface area contributed by atoms with Crippen LogP contribution in [0.25, 0.3) is 10.1 Å². The fourth-order valence-corrected chi connectivity index (χ4v) is 3.05. The van der Waals surface area contributed by atoms with Crippen LogP contribution in [0.5, 0.6) is 0 Å². The number of aliphatic hydroxyl groups excluding tert-OH is 1. The fraction of sp³-hybridized carbons (Fsp3) is 0.273. The molecule has 0 spiro atoms. The number of fused-ring (bicyclic) bond motifs is 1. The Morgan fingerprint density at radius 1 is 1.36 bits per heavy atom. The molecule has 0 unspecified atom stereocenters. The Kier molecular flexibility index (Phi) is 2.77. The maximum absolute atomic E-state index is 9.23. The van der Waals surface area contributed by atoms with Crippen LogP contribution in [0.15, 0.2) is 17.5 Å². The highest BCUT2D eigenvalue weighted by Gasteiger charge is 2.09. The lowest BCUT2D eigenvalue weighted by atomic mass is 10.0. The molecule has 0 aliphatic carbocycles. The van der Waals surface area contributed by atoms with Gasteiger partial charge in [0.05, 0.1) is 6.61 Å². The number of hydrogen-bond donors (Lipinski definition) is 1. The van der Waals surface area contributed by atoms with Crippen LogP contribution >= 0.6 is 22.9 Å². The Balaban J connectivity index is 2.82. The normalized spacial score (nSPS) is 11.1. The number of halogens is 1. The van der Waals surface area contributed by atoms with E-state index in [2.05, 4.69) is 12.3 Å². The van der Waals surface area contributed by atoms with Crippen LogP contribution < -0.4 is 0 Å². The summed E-state index contributed by atoms with van der Waals surface area (Å²) in [6.07, 6.45) is 0. The molecule has 1 N–H and O–H groups in total. The van der Waals surface area contributed by atoms with E-state index < -0.39 is 0 Å². The lowest BCUT2D eigenvalue weighted by Gasteiger charge is -2.03. The third kappa shape index (κ3) is 1.44. The molecule has 0 amide bonds. The number of benzene rings is 1. The van der Waals surface area contributed by atoms with Gasteiger partial charge in [-0.1, -0.05) is 12.1 Å². The molecule has 1 aromatic carbocycles. The van der Waals surface area contributed by atoms with Crippen molar-refractivity contribution in [2.75, 3.05) is 0 Å². The van der Waals surface area contributed by atoms with Crippen LogP contribution in [0, 0.1) is 6.92 Å². The van der Waals surface area contributed by atoms with Gasteiger partial charge in [-0.25, -0.2) is 0 Å². The molecule has 74 valence electrons. The molecular formula is C11H11ClOS. The van der Waals surface area contributed by atoms with Gasteiger partial charge in [-0.15, -0.1) is 22.9 Å². The Bertz CT molecular complexity index is 462. The summed E-state index contributed by atoms with van der Waals surface area (Å²) in [5, 5.41) is 12.4. The van der Waals surface area contributed by atoms with Crippen molar-refractivity contribution in [2.45, 2.75) is 19.4 Å². The summed E-state index contributed by atoms with van der Waals surface area (Å²) < 4.78 is 1.24. The molecule has 2 aromatic rings. The number of alkyl halides is 1. The smallest absolute Gasteiger partial charge is 0.0688 e. The molecule has 0 saturated heterocycles. The minimum atomic E-state index is 0.0808. The predicted molar refractivity (Wildman–Crippen MR) is 62.0 cm³/mol. The van der Waals surface area contributed by atoms with Gasteiger partial charge in [-0.05, 0) is 29.0 Å². The van der Waals surface area contributed by atoms with Crippen LogP contribution in [0.4, 0.5) is 0 Å². The zero-order valence-electron chi connectivity index (χ0n) is 7.88. The van der Waals surface area contributed by atoms with Crippen LogP contribution in [-0.2, 0) is 12.5 Å². The molecule has 0 radical (unpaired) electrons. The van der Waals surface area contributed by atoms with Gasteiger partial charge in [0.1, 0.15) is 0 Å². The van der Waals surface area contributed by atoms with Gasteiger partial charge in [0.25, 0.3) is 0 Å².